The lowest BCUT2D eigenvalue weighted by molar-refractivity contribution is -0.124. The number of rotatable bonds is 6. The Morgan fingerprint density at radius 3 is 2.73 bits per heavy atom. The number of hydrogen-bond acceptors (Lipinski definition) is 4. The molecule has 1 heterocycles. The van der Waals surface area contributed by atoms with Crippen LogP contribution in [-0.2, 0) is 11.3 Å². The first kappa shape index (κ1) is 16.2. The zero-order chi connectivity index (χ0) is 16.1. The van der Waals surface area contributed by atoms with Gasteiger partial charge >= 0.3 is 0 Å². The van der Waals surface area contributed by atoms with Crippen molar-refractivity contribution in [3.05, 3.63) is 35.9 Å². The third-order valence-corrected chi connectivity index (χ3v) is 3.66. The van der Waals surface area contributed by atoms with E-state index in [0.717, 1.165) is 22.3 Å². The number of benzene rings is 1. The van der Waals surface area contributed by atoms with Crippen LogP contribution in [0.1, 0.15) is 12.5 Å². The average molecular weight is 300 g/mol. The van der Waals surface area contributed by atoms with Gasteiger partial charge in [0, 0.05) is 38.5 Å². The van der Waals surface area contributed by atoms with Crippen molar-refractivity contribution in [2.75, 3.05) is 32.6 Å². The Bertz CT molecular complexity index is 654. The largest absolute Gasteiger partial charge is 0.363 e. The van der Waals surface area contributed by atoms with Crippen molar-refractivity contribution >= 4 is 22.6 Å². The van der Waals surface area contributed by atoms with Gasteiger partial charge in [-0.2, -0.15) is 0 Å². The Kier molecular flexibility index (Phi) is 5.33. The van der Waals surface area contributed by atoms with Crippen LogP contribution in [0.15, 0.2) is 30.3 Å². The van der Waals surface area contributed by atoms with Gasteiger partial charge in [0.15, 0.2) is 0 Å². The zero-order valence-electron chi connectivity index (χ0n) is 13.7. The second-order valence-electron chi connectivity index (χ2n) is 5.73. The number of carbonyl (C=O) groups is 1. The van der Waals surface area contributed by atoms with E-state index in [4.69, 9.17) is 0 Å². The number of nitrogens with one attached hydrogen (secondary N) is 2. The van der Waals surface area contributed by atoms with E-state index < -0.39 is 0 Å². The predicted molar refractivity (Wildman–Crippen MR) is 91.0 cm³/mol. The van der Waals surface area contributed by atoms with Crippen molar-refractivity contribution in [1.82, 2.24) is 15.6 Å². The van der Waals surface area contributed by atoms with Crippen molar-refractivity contribution in [1.29, 1.82) is 0 Å². The fourth-order valence-corrected chi connectivity index (χ4v) is 2.36. The monoisotopic (exact) mass is 300 g/mol. The van der Waals surface area contributed by atoms with E-state index in [1.54, 1.807) is 0 Å². The minimum absolute atomic E-state index is 0.0496. The number of nitrogens with zero attached hydrogens (tertiary/aromatic N) is 2. The number of para-hydroxylation sites is 1. The summed E-state index contributed by atoms with van der Waals surface area (Å²) in [5.74, 6) is 0.902. The highest BCUT2D eigenvalue weighted by Gasteiger charge is 2.13. The molecule has 2 aromatic rings. The number of amides is 1. The van der Waals surface area contributed by atoms with Gasteiger partial charge in [-0.25, -0.2) is 4.98 Å². The molecule has 118 valence electrons. The van der Waals surface area contributed by atoms with Crippen molar-refractivity contribution in [2.24, 2.45) is 5.92 Å². The van der Waals surface area contributed by atoms with Gasteiger partial charge in [0.2, 0.25) is 5.91 Å². The highest BCUT2D eigenvalue weighted by Crippen LogP contribution is 2.22. The molecular weight excluding hydrogens is 276 g/mol. The summed E-state index contributed by atoms with van der Waals surface area (Å²) in [6, 6.07) is 10.0. The van der Waals surface area contributed by atoms with Gasteiger partial charge in [-0.05, 0) is 24.7 Å². The van der Waals surface area contributed by atoms with E-state index in [-0.39, 0.29) is 11.8 Å². The summed E-state index contributed by atoms with van der Waals surface area (Å²) < 4.78 is 0. The minimum atomic E-state index is -0.0496. The molecule has 5 heteroatoms. The van der Waals surface area contributed by atoms with Gasteiger partial charge in [-0.1, -0.05) is 25.1 Å². The minimum Gasteiger partial charge on any atom is -0.363 e. The van der Waals surface area contributed by atoms with E-state index in [0.29, 0.717) is 13.1 Å². The molecule has 0 saturated heterocycles. The maximum absolute atomic E-state index is 12.1. The van der Waals surface area contributed by atoms with E-state index in [1.165, 1.54) is 0 Å². The van der Waals surface area contributed by atoms with Crippen molar-refractivity contribution in [3.63, 3.8) is 0 Å². The molecule has 0 aliphatic rings. The second-order valence-corrected chi connectivity index (χ2v) is 5.73. The van der Waals surface area contributed by atoms with Crippen LogP contribution in [0.4, 0.5) is 5.82 Å². The van der Waals surface area contributed by atoms with Gasteiger partial charge in [0.05, 0.1) is 5.52 Å². The number of aromatic nitrogens is 1. The number of carbonyl (C=O) groups excluding carboxylic acids is 1. The first-order valence-electron chi connectivity index (χ1n) is 7.51. The molecule has 0 fully saturated rings. The molecule has 5 nitrogen and oxygen atoms in total. The van der Waals surface area contributed by atoms with E-state index in [1.807, 2.05) is 63.3 Å². The zero-order valence-corrected chi connectivity index (χ0v) is 13.7. The molecule has 0 saturated carbocycles. The molecule has 1 aromatic carbocycles. The van der Waals surface area contributed by atoms with Crippen molar-refractivity contribution in [3.8, 4) is 0 Å². The van der Waals surface area contributed by atoms with Crippen LogP contribution in [0.2, 0.25) is 0 Å². The van der Waals surface area contributed by atoms with Crippen LogP contribution in [0.3, 0.4) is 0 Å². The summed E-state index contributed by atoms with van der Waals surface area (Å²) in [7, 11) is 5.78. The molecule has 0 aliphatic carbocycles. The Hall–Kier alpha value is -2.14. The van der Waals surface area contributed by atoms with Crippen LogP contribution in [0.5, 0.6) is 0 Å². The lowest BCUT2D eigenvalue weighted by Gasteiger charge is -2.16. The molecule has 0 radical (unpaired) electrons. The highest BCUT2D eigenvalue weighted by atomic mass is 16.1. The Balaban J connectivity index is 2.24. The van der Waals surface area contributed by atoms with Crippen LogP contribution in [0.25, 0.3) is 10.9 Å². The maximum atomic E-state index is 12.1. The van der Waals surface area contributed by atoms with Crippen LogP contribution >= 0.6 is 0 Å². The normalized spacial score (nSPS) is 12.2. The number of anilines is 1. The first-order chi connectivity index (χ1) is 10.5. The fraction of sp³-hybridized carbons (Fsp3) is 0.412. The number of hydrogen-bond donors (Lipinski definition) is 2. The van der Waals surface area contributed by atoms with Gasteiger partial charge < -0.3 is 15.5 Å². The molecule has 2 N–H and O–H groups in total. The molecule has 1 unspecified atom stereocenters. The third kappa shape index (κ3) is 3.74. The van der Waals surface area contributed by atoms with Crippen LogP contribution in [-0.4, -0.2) is 38.6 Å². The summed E-state index contributed by atoms with van der Waals surface area (Å²) in [5.41, 5.74) is 2.03. The summed E-state index contributed by atoms with van der Waals surface area (Å²) in [5, 5.41) is 7.12. The molecule has 0 bridgehead atoms. The third-order valence-electron chi connectivity index (χ3n) is 3.66. The summed E-state index contributed by atoms with van der Waals surface area (Å²) >= 11 is 0. The number of pyridine rings is 1. The molecule has 1 aromatic heterocycles. The smallest absolute Gasteiger partial charge is 0.224 e. The lowest BCUT2D eigenvalue weighted by Crippen LogP contribution is -2.34. The molecule has 0 aliphatic heterocycles. The first-order valence-corrected chi connectivity index (χ1v) is 7.51. The molecule has 22 heavy (non-hydrogen) atoms. The maximum Gasteiger partial charge on any atom is 0.224 e. The SMILES string of the molecule is CNCC(C)C(=O)NCc1cc(N(C)C)nc2ccccc12. The molecule has 0 spiro atoms. The van der Waals surface area contributed by atoms with Crippen LogP contribution < -0.4 is 15.5 Å². The van der Waals surface area contributed by atoms with E-state index in [2.05, 4.69) is 15.6 Å². The molecular formula is C17H24N4O. The fourth-order valence-electron chi connectivity index (χ4n) is 2.36. The van der Waals surface area contributed by atoms with Gasteiger partial charge in [-0.15, -0.1) is 0 Å². The second kappa shape index (κ2) is 7.22. The quantitative estimate of drug-likeness (QED) is 0.854. The van der Waals surface area contributed by atoms with Crippen LogP contribution in [0, 0.1) is 5.92 Å². The predicted octanol–water partition coefficient (Wildman–Crippen LogP) is 1.77. The van der Waals surface area contributed by atoms with E-state index in [9.17, 15) is 4.79 Å². The lowest BCUT2D eigenvalue weighted by atomic mass is 10.1. The molecule has 1 amide bonds. The Labute approximate surface area is 131 Å². The topological polar surface area (TPSA) is 57.3 Å². The van der Waals surface area contributed by atoms with Crippen molar-refractivity contribution in [2.45, 2.75) is 13.5 Å². The molecule has 1 atom stereocenters. The number of fused-ring (bicyclic) bond motifs is 1. The summed E-state index contributed by atoms with van der Waals surface area (Å²) in [4.78, 5) is 18.7. The highest BCUT2D eigenvalue weighted by molar-refractivity contribution is 5.85. The van der Waals surface area contributed by atoms with Gasteiger partial charge in [0.1, 0.15) is 5.82 Å². The van der Waals surface area contributed by atoms with Gasteiger partial charge in [0.25, 0.3) is 0 Å². The van der Waals surface area contributed by atoms with E-state index >= 15 is 0 Å². The Morgan fingerprint density at radius 1 is 1.32 bits per heavy atom. The molecule has 2 rings (SSSR count). The summed E-state index contributed by atoms with van der Waals surface area (Å²) in [6.45, 7) is 3.10. The average Bonchev–Trinajstić information content (AvgIpc) is 2.52. The standard InChI is InChI=1S/C17H24N4O/c1-12(10-18-2)17(22)19-11-13-9-16(21(3)4)20-15-8-6-5-7-14(13)15/h5-9,12,18H,10-11H2,1-4H3,(H,19,22). The summed E-state index contributed by atoms with van der Waals surface area (Å²) in [6.07, 6.45) is 0. The van der Waals surface area contributed by atoms with Crippen molar-refractivity contribution < 1.29 is 4.79 Å². The van der Waals surface area contributed by atoms with Gasteiger partial charge in [-0.3, -0.25) is 4.79 Å². The Morgan fingerprint density at radius 2 is 2.05 bits per heavy atom.